The van der Waals surface area contributed by atoms with Crippen molar-refractivity contribution < 1.29 is 22.7 Å². The van der Waals surface area contributed by atoms with Crippen LogP contribution in [0.1, 0.15) is 64.2 Å². The predicted molar refractivity (Wildman–Crippen MR) is 131 cm³/mol. The normalized spacial score (nSPS) is 22.9. The molecule has 3 rings (SSSR count). The highest BCUT2D eigenvalue weighted by molar-refractivity contribution is 7.89. The second-order valence-corrected chi connectivity index (χ2v) is 12.8. The summed E-state index contributed by atoms with van der Waals surface area (Å²) in [4.78, 5) is 26.8. The molecule has 2 atom stereocenters. The highest BCUT2D eigenvalue weighted by atomic mass is 32.2. The molecule has 0 aromatic heterocycles. The van der Waals surface area contributed by atoms with E-state index in [4.69, 9.17) is 4.74 Å². The molecule has 2 saturated heterocycles. The van der Waals surface area contributed by atoms with Crippen LogP contribution in [0.2, 0.25) is 0 Å². The molecule has 2 amide bonds. The van der Waals surface area contributed by atoms with Crippen molar-refractivity contribution >= 4 is 22.0 Å². The molecule has 2 fully saturated rings. The highest BCUT2D eigenvalue weighted by Crippen LogP contribution is 2.27. The highest BCUT2D eigenvalue weighted by Gasteiger charge is 2.32. The number of nitrogens with one attached hydrogen (secondary N) is 1. The molecule has 1 N–H and O–H groups in total. The Labute approximate surface area is 204 Å². The molecule has 2 heterocycles. The molecule has 1 aromatic rings. The van der Waals surface area contributed by atoms with Crippen LogP contribution in [0.25, 0.3) is 0 Å². The maximum Gasteiger partial charge on any atom is 0.407 e. The number of likely N-dealkylation sites (tertiary alicyclic amines) is 1. The van der Waals surface area contributed by atoms with E-state index in [-0.39, 0.29) is 10.8 Å². The lowest BCUT2D eigenvalue weighted by Crippen LogP contribution is -2.42. The fourth-order valence-corrected chi connectivity index (χ4v) is 6.46. The summed E-state index contributed by atoms with van der Waals surface area (Å²) >= 11 is 0. The molecule has 0 bridgehead atoms. The van der Waals surface area contributed by atoms with Crippen LogP contribution in [0.15, 0.2) is 29.2 Å². The van der Waals surface area contributed by atoms with E-state index in [1.54, 1.807) is 33.5 Å². The zero-order chi connectivity index (χ0) is 25.1. The molecule has 2 aliphatic rings. The molecule has 9 heteroatoms. The number of sulfonamides is 1. The smallest absolute Gasteiger partial charge is 0.407 e. The molecular weight excluding hydrogens is 454 g/mol. The average molecular weight is 494 g/mol. The predicted octanol–water partition coefficient (Wildman–Crippen LogP) is 3.73. The first-order valence-electron chi connectivity index (χ1n) is 12.2. The maximum absolute atomic E-state index is 13.1. The molecule has 0 aliphatic carbocycles. The van der Waals surface area contributed by atoms with Gasteiger partial charge < -0.3 is 15.0 Å². The topological polar surface area (TPSA) is 96.0 Å². The van der Waals surface area contributed by atoms with Gasteiger partial charge in [-0.15, -0.1) is 0 Å². The number of carbonyl (C=O) groups excluding carboxylic acids is 2. The van der Waals surface area contributed by atoms with Crippen LogP contribution in [-0.2, 0) is 14.8 Å². The first-order chi connectivity index (χ1) is 15.8. The summed E-state index contributed by atoms with van der Waals surface area (Å²) in [6.45, 7) is 12.4. The largest absolute Gasteiger partial charge is 0.444 e. The monoisotopic (exact) mass is 493 g/mol. The van der Waals surface area contributed by atoms with Gasteiger partial charge in [-0.05, 0) is 82.1 Å². The van der Waals surface area contributed by atoms with Crippen molar-refractivity contribution in [3.63, 3.8) is 0 Å². The van der Waals surface area contributed by atoms with Crippen LogP contribution in [0.5, 0.6) is 0 Å². The number of rotatable bonds is 5. The molecule has 8 nitrogen and oxygen atoms in total. The molecular formula is C25H39N3O5S. The zero-order valence-electron chi connectivity index (χ0n) is 21.0. The van der Waals surface area contributed by atoms with Gasteiger partial charge in [0.25, 0.3) is 5.91 Å². The number of ether oxygens (including phenoxy) is 1. The zero-order valence-corrected chi connectivity index (χ0v) is 21.9. The molecule has 0 radical (unpaired) electrons. The number of amides is 2. The number of hydrogen-bond acceptors (Lipinski definition) is 5. The van der Waals surface area contributed by atoms with Crippen molar-refractivity contribution in [1.29, 1.82) is 0 Å². The minimum Gasteiger partial charge on any atom is -0.444 e. The summed E-state index contributed by atoms with van der Waals surface area (Å²) in [5.41, 5.74) is -0.0380. The molecule has 34 heavy (non-hydrogen) atoms. The maximum atomic E-state index is 13.1. The molecule has 190 valence electrons. The van der Waals surface area contributed by atoms with Gasteiger partial charge in [0.15, 0.2) is 0 Å². The van der Waals surface area contributed by atoms with Crippen molar-refractivity contribution in [3.8, 4) is 0 Å². The van der Waals surface area contributed by atoms with Crippen LogP contribution >= 0.6 is 0 Å². The van der Waals surface area contributed by atoms with Crippen LogP contribution in [0.3, 0.4) is 0 Å². The number of carbonyl (C=O) groups is 2. The van der Waals surface area contributed by atoms with Crippen LogP contribution in [0.4, 0.5) is 4.79 Å². The van der Waals surface area contributed by atoms with Crippen molar-refractivity contribution in [2.45, 2.75) is 64.4 Å². The fraction of sp³-hybridized carbons (Fsp3) is 0.680. The average Bonchev–Trinajstić information content (AvgIpc) is 2.76. The molecule has 0 spiro atoms. The molecule has 0 saturated carbocycles. The minimum atomic E-state index is -3.56. The summed E-state index contributed by atoms with van der Waals surface area (Å²) in [7, 11) is -3.56. The lowest BCUT2D eigenvalue weighted by Gasteiger charge is -2.34. The van der Waals surface area contributed by atoms with Gasteiger partial charge >= 0.3 is 6.09 Å². The lowest BCUT2D eigenvalue weighted by molar-refractivity contribution is 0.0500. The van der Waals surface area contributed by atoms with E-state index in [9.17, 15) is 18.0 Å². The van der Waals surface area contributed by atoms with E-state index in [2.05, 4.69) is 19.2 Å². The van der Waals surface area contributed by atoms with Gasteiger partial charge in [0, 0.05) is 38.3 Å². The van der Waals surface area contributed by atoms with E-state index in [0.717, 1.165) is 19.3 Å². The Hall–Kier alpha value is -2.13. The SMILES string of the molecule is CC1CC(C)CN(S(=O)(=O)c2ccc(C(=O)N3CCC(CNC(=O)OC(C)(C)C)CC3)cc2)C1. The second kappa shape index (κ2) is 10.6. The first kappa shape index (κ1) is 26.5. The molecule has 1 aromatic carbocycles. The summed E-state index contributed by atoms with van der Waals surface area (Å²) in [5, 5.41) is 2.81. The fourth-order valence-electron chi connectivity index (χ4n) is 4.79. The number of benzene rings is 1. The Balaban J connectivity index is 1.53. The minimum absolute atomic E-state index is 0.0947. The van der Waals surface area contributed by atoms with Crippen molar-refractivity contribution in [1.82, 2.24) is 14.5 Å². The number of nitrogens with zero attached hydrogens (tertiary/aromatic N) is 2. The van der Waals surface area contributed by atoms with Gasteiger partial charge in [-0.1, -0.05) is 13.8 Å². The first-order valence-corrected chi connectivity index (χ1v) is 13.7. The van der Waals surface area contributed by atoms with E-state index >= 15 is 0 Å². The number of alkyl carbamates (subject to hydrolysis) is 1. The van der Waals surface area contributed by atoms with Gasteiger partial charge in [0.05, 0.1) is 4.90 Å². The summed E-state index contributed by atoms with van der Waals surface area (Å²) in [5.74, 6) is 0.865. The van der Waals surface area contributed by atoms with Gasteiger partial charge in [-0.25, -0.2) is 13.2 Å². The summed E-state index contributed by atoms with van der Waals surface area (Å²) in [6.07, 6.45) is 2.20. The number of hydrogen-bond donors (Lipinski definition) is 1. The van der Waals surface area contributed by atoms with Gasteiger partial charge in [-0.2, -0.15) is 4.31 Å². The Morgan fingerprint density at radius 1 is 1.03 bits per heavy atom. The van der Waals surface area contributed by atoms with Crippen molar-refractivity contribution in [2.24, 2.45) is 17.8 Å². The summed E-state index contributed by atoms with van der Waals surface area (Å²) in [6, 6.07) is 6.32. The molecule has 2 unspecified atom stereocenters. The van der Waals surface area contributed by atoms with Crippen molar-refractivity contribution in [2.75, 3.05) is 32.7 Å². The standard InChI is InChI=1S/C25H39N3O5S/c1-18-14-19(2)17-28(16-18)34(31,32)22-8-6-21(7-9-22)23(29)27-12-10-20(11-13-27)15-26-24(30)33-25(3,4)5/h6-9,18-20H,10-17H2,1-5H3,(H,26,30). The lowest BCUT2D eigenvalue weighted by atomic mass is 9.94. The third-order valence-corrected chi connectivity index (χ3v) is 8.26. The van der Waals surface area contributed by atoms with Crippen LogP contribution in [-0.4, -0.2) is 67.9 Å². The van der Waals surface area contributed by atoms with E-state index in [1.807, 2.05) is 20.8 Å². The molecule has 2 aliphatic heterocycles. The van der Waals surface area contributed by atoms with E-state index in [1.165, 1.54) is 0 Å². The Morgan fingerprint density at radius 2 is 1.59 bits per heavy atom. The van der Waals surface area contributed by atoms with Gasteiger partial charge in [-0.3, -0.25) is 4.79 Å². The van der Waals surface area contributed by atoms with Gasteiger partial charge in [0.1, 0.15) is 5.60 Å². The van der Waals surface area contributed by atoms with Crippen molar-refractivity contribution in [3.05, 3.63) is 29.8 Å². The third kappa shape index (κ3) is 6.95. The van der Waals surface area contributed by atoms with Crippen LogP contribution < -0.4 is 5.32 Å². The third-order valence-electron chi connectivity index (χ3n) is 6.41. The summed E-state index contributed by atoms with van der Waals surface area (Å²) < 4.78 is 33.0. The van der Waals surface area contributed by atoms with E-state index < -0.39 is 21.7 Å². The second-order valence-electron chi connectivity index (χ2n) is 10.9. The van der Waals surface area contributed by atoms with Gasteiger partial charge in [0.2, 0.25) is 10.0 Å². The van der Waals surface area contributed by atoms with E-state index in [0.29, 0.717) is 56.0 Å². The Bertz CT molecular complexity index is 953. The van der Waals surface area contributed by atoms with Crippen LogP contribution in [0, 0.1) is 17.8 Å². The Morgan fingerprint density at radius 3 is 2.12 bits per heavy atom. The number of piperidine rings is 2. The Kier molecular flexibility index (Phi) is 8.29. The quantitative estimate of drug-likeness (QED) is 0.674.